The number of benzene rings is 1. The van der Waals surface area contributed by atoms with Gasteiger partial charge in [0.15, 0.2) is 6.61 Å². The first kappa shape index (κ1) is 22.0. The minimum Gasteiger partial charge on any atom is -0.477 e. The highest BCUT2D eigenvalue weighted by molar-refractivity contribution is 6.30. The zero-order valence-corrected chi connectivity index (χ0v) is 18.2. The van der Waals surface area contributed by atoms with Crippen LogP contribution >= 0.6 is 11.6 Å². The Morgan fingerprint density at radius 3 is 2.62 bits per heavy atom. The zero-order chi connectivity index (χ0) is 22.3. The van der Waals surface area contributed by atoms with E-state index in [1.807, 2.05) is 18.2 Å². The van der Waals surface area contributed by atoms with Crippen molar-refractivity contribution >= 4 is 23.2 Å². The van der Waals surface area contributed by atoms with E-state index in [0.29, 0.717) is 18.1 Å². The Morgan fingerprint density at radius 1 is 1.06 bits per heavy atom. The highest BCUT2D eigenvalue weighted by atomic mass is 35.5. The molecule has 4 rings (SSSR count). The molecule has 0 saturated carbocycles. The topological polar surface area (TPSA) is 88.2 Å². The smallest absolute Gasteiger partial charge is 0.258 e. The van der Waals surface area contributed by atoms with Crippen LogP contribution in [0.1, 0.15) is 11.5 Å². The predicted octanol–water partition coefficient (Wildman–Crippen LogP) is 2.90. The summed E-state index contributed by atoms with van der Waals surface area (Å²) in [5, 5.41) is 3.38. The Morgan fingerprint density at radius 2 is 1.91 bits per heavy atom. The maximum Gasteiger partial charge on any atom is 0.258 e. The van der Waals surface area contributed by atoms with Crippen molar-refractivity contribution in [3.05, 3.63) is 81.8 Å². The highest BCUT2D eigenvalue weighted by Crippen LogP contribution is 2.21. The van der Waals surface area contributed by atoms with Crippen molar-refractivity contribution < 1.29 is 18.4 Å². The number of hydrogen-bond acceptors (Lipinski definition) is 7. The van der Waals surface area contributed by atoms with Crippen molar-refractivity contribution in [2.24, 2.45) is 0 Å². The Balaban J connectivity index is 1.24. The van der Waals surface area contributed by atoms with E-state index in [1.165, 1.54) is 18.6 Å². The van der Waals surface area contributed by atoms with Gasteiger partial charge in [-0.2, -0.15) is 0 Å². The number of furan rings is 1. The van der Waals surface area contributed by atoms with Crippen molar-refractivity contribution in [3.63, 3.8) is 0 Å². The van der Waals surface area contributed by atoms with E-state index in [4.69, 9.17) is 25.2 Å². The summed E-state index contributed by atoms with van der Waals surface area (Å²) >= 11 is 6.09. The van der Waals surface area contributed by atoms with Gasteiger partial charge in [0.1, 0.15) is 17.8 Å². The first-order valence-electron chi connectivity index (χ1n) is 10.3. The third-order valence-electron chi connectivity index (χ3n) is 5.18. The number of amides is 1. The second kappa shape index (κ2) is 10.4. The van der Waals surface area contributed by atoms with Crippen LogP contribution in [0.25, 0.3) is 0 Å². The fraction of sp³-hybridized carbons (Fsp3) is 0.304. The SMILES string of the molecule is O=C(COc1coc(CN2CCN(c3cccc(Cl)c3)CC2)cc1=O)NCc1ccco1. The molecule has 0 radical (unpaired) electrons. The molecule has 1 N–H and O–H groups in total. The van der Waals surface area contributed by atoms with Crippen molar-refractivity contribution in [1.29, 1.82) is 0 Å². The fourth-order valence-electron chi connectivity index (χ4n) is 3.48. The molecular weight excluding hydrogens is 434 g/mol. The van der Waals surface area contributed by atoms with Crippen LogP contribution in [0.5, 0.6) is 5.75 Å². The maximum absolute atomic E-state index is 12.3. The molecule has 3 aromatic rings. The number of nitrogens with zero attached hydrogens (tertiary/aromatic N) is 2. The Bertz CT molecular complexity index is 1090. The Hall–Kier alpha value is -3.23. The predicted molar refractivity (Wildman–Crippen MR) is 120 cm³/mol. The normalized spacial score (nSPS) is 14.3. The highest BCUT2D eigenvalue weighted by Gasteiger charge is 2.19. The van der Waals surface area contributed by atoms with Gasteiger partial charge in [0, 0.05) is 43.0 Å². The van der Waals surface area contributed by atoms with Gasteiger partial charge >= 0.3 is 0 Å². The van der Waals surface area contributed by atoms with Gasteiger partial charge in [-0.15, -0.1) is 0 Å². The lowest BCUT2D eigenvalue weighted by molar-refractivity contribution is -0.123. The minimum absolute atomic E-state index is 0.00711. The minimum atomic E-state index is -0.359. The van der Waals surface area contributed by atoms with Gasteiger partial charge in [0.2, 0.25) is 11.2 Å². The lowest BCUT2D eigenvalue weighted by atomic mass is 10.2. The van der Waals surface area contributed by atoms with Crippen LogP contribution in [0.3, 0.4) is 0 Å². The van der Waals surface area contributed by atoms with Crippen molar-refractivity contribution in [3.8, 4) is 5.75 Å². The van der Waals surface area contributed by atoms with Crippen LogP contribution in [-0.2, 0) is 17.9 Å². The van der Waals surface area contributed by atoms with Crippen molar-refractivity contribution in [2.75, 3.05) is 37.7 Å². The average Bonchev–Trinajstić information content (AvgIpc) is 3.31. The van der Waals surface area contributed by atoms with E-state index in [0.717, 1.165) is 36.9 Å². The van der Waals surface area contributed by atoms with E-state index in [2.05, 4.69) is 21.2 Å². The van der Waals surface area contributed by atoms with Gasteiger partial charge < -0.3 is 23.8 Å². The molecule has 1 amide bonds. The van der Waals surface area contributed by atoms with E-state index < -0.39 is 0 Å². The molecule has 1 aromatic carbocycles. The van der Waals surface area contributed by atoms with Gasteiger partial charge in [0.05, 0.1) is 19.4 Å². The molecule has 168 valence electrons. The Labute approximate surface area is 190 Å². The van der Waals surface area contributed by atoms with E-state index in [-0.39, 0.29) is 30.2 Å². The number of piperazine rings is 1. The van der Waals surface area contributed by atoms with Gasteiger partial charge in [-0.3, -0.25) is 14.5 Å². The molecule has 0 atom stereocenters. The molecule has 1 saturated heterocycles. The summed E-state index contributed by atoms with van der Waals surface area (Å²) in [5.41, 5.74) is 0.793. The summed E-state index contributed by atoms with van der Waals surface area (Å²) in [6.07, 6.45) is 2.80. The lowest BCUT2D eigenvalue weighted by Gasteiger charge is -2.35. The van der Waals surface area contributed by atoms with Gasteiger partial charge in [0.25, 0.3) is 5.91 Å². The molecule has 2 aromatic heterocycles. The first-order valence-corrected chi connectivity index (χ1v) is 10.7. The van der Waals surface area contributed by atoms with E-state index in [1.54, 1.807) is 12.1 Å². The quantitative estimate of drug-likeness (QED) is 0.556. The van der Waals surface area contributed by atoms with Gasteiger partial charge in [-0.05, 0) is 30.3 Å². The number of ether oxygens (including phenoxy) is 1. The second-order valence-electron chi connectivity index (χ2n) is 7.46. The first-order chi connectivity index (χ1) is 15.6. The molecule has 9 heteroatoms. The van der Waals surface area contributed by atoms with Crippen LogP contribution in [0.2, 0.25) is 5.02 Å². The number of halogens is 1. The van der Waals surface area contributed by atoms with Crippen LogP contribution < -0.4 is 20.4 Å². The lowest BCUT2D eigenvalue weighted by Crippen LogP contribution is -2.46. The molecular formula is C23H24ClN3O5. The zero-order valence-electron chi connectivity index (χ0n) is 17.5. The van der Waals surface area contributed by atoms with Crippen LogP contribution in [0, 0.1) is 0 Å². The van der Waals surface area contributed by atoms with E-state index in [9.17, 15) is 9.59 Å². The summed E-state index contributed by atoms with van der Waals surface area (Å²) in [5.74, 6) is 0.839. The number of carbonyl (C=O) groups excluding carboxylic acids is 1. The molecule has 1 fully saturated rings. The van der Waals surface area contributed by atoms with Gasteiger partial charge in [-0.25, -0.2) is 0 Å². The molecule has 1 aliphatic heterocycles. The summed E-state index contributed by atoms with van der Waals surface area (Å²) in [4.78, 5) is 28.7. The van der Waals surface area contributed by atoms with Crippen LogP contribution in [0.15, 0.2) is 68.6 Å². The number of anilines is 1. The molecule has 1 aliphatic rings. The molecule has 3 heterocycles. The summed E-state index contributed by atoms with van der Waals surface area (Å²) in [6, 6.07) is 12.7. The molecule has 0 spiro atoms. The van der Waals surface area contributed by atoms with Crippen LogP contribution in [0.4, 0.5) is 5.69 Å². The number of nitrogens with one attached hydrogen (secondary N) is 1. The largest absolute Gasteiger partial charge is 0.477 e. The van der Waals surface area contributed by atoms with E-state index >= 15 is 0 Å². The third kappa shape index (κ3) is 5.93. The third-order valence-corrected chi connectivity index (χ3v) is 5.41. The molecule has 8 nitrogen and oxygen atoms in total. The van der Waals surface area contributed by atoms with Crippen molar-refractivity contribution in [1.82, 2.24) is 10.2 Å². The number of carbonyl (C=O) groups is 1. The van der Waals surface area contributed by atoms with Gasteiger partial charge in [-0.1, -0.05) is 17.7 Å². The standard InChI is InChI=1S/C23H24ClN3O5/c24-17-3-1-4-18(11-17)27-8-6-26(7-9-27)14-20-12-21(28)22(15-31-20)32-16-23(29)25-13-19-5-2-10-30-19/h1-5,10-12,15H,6-9,13-14,16H2,(H,25,29). The Kier molecular flexibility index (Phi) is 7.14. The monoisotopic (exact) mass is 457 g/mol. The summed E-state index contributed by atoms with van der Waals surface area (Å²) in [7, 11) is 0. The number of rotatable bonds is 8. The number of hydrogen-bond donors (Lipinski definition) is 1. The molecule has 0 aliphatic carbocycles. The maximum atomic E-state index is 12.3. The van der Waals surface area contributed by atoms with Crippen LogP contribution in [-0.4, -0.2) is 43.6 Å². The second-order valence-corrected chi connectivity index (χ2v) is 7.90. The molecule has 0 unspecified atom stereocenters. The summed E-state index contributed by atoms with van der Waals surface area (Å²) in [6.45, 7) is 3.90. The molecule has 0 bridgehead atoms. The summed E-state index contributed by atoms with van der Waals surface area (Å²) < 4.78 is 16.0. The fourth-order valence-corrected chi connectivity index (χ4v) is 3.66. The average molecular weight is 458 g/mol. The van der Waals surface area contributed by atoms with Crippen molar-refractivity contribution in [2.45, 2.75) is 13.1 Å². The molecule has 32 heavy (non-hydrogen) atoms.